The highest BCUT2D eigenvalue weighted by atomic mass is 19.1. The van der Waals surface area contributed by atoms with E-state index in [1.165, 1.54) is 13.2 Å². The Bertz CT molecular complexity index is 780. The summed E-state index contributed by atoms with van der Waals surface area (Å²) in [5.41, 5.74) is 1.84. The number of halogens is 1. The van der Waals surface area contributed by atoms with E-state index in [9.17, 15) is 4.39 Å². The van der Waals surface area contributed by atoms with Gasteiger partial charge in [0.2, 0.25) is 6.79 Å². The zero-order valence-electron chi connectivity index (χ0n) is 14.1. The lowest BCUT2D eigenvalue weighted by atomic mass is 10.2. The average molecular weight is 345 g/mol. The second-order valence-corrected chi connectivity index (χ2v) is 5.44. The molecule has 1 heterocycles. The van der Waals surface area contributed by atoms with Crippen LogP contribution in [0.15, 0.2) is 41.4 Å². The van der Waals surface area contributed by atoms with Crippen molar-refractivity contribution in [3.05, 3.63) is 53.3 Å². The molecule has 0 radical (unpaired) electrons. The van der Waals surface area contributed by atoms with Crippen LogP contribution in [0.25, 0.3) is 0 Å². The van der Waals surface area contributed by atoms with E-state index < -0.39 is 0 Å². The first-order valence-electron chi connectivity index (χ1n) is 7.85. The maximum absolute atomic E-state index is 13.7. The number of nitrogens with zero attached hydrogens (tertiary/aromatic N) is 1. The number of ether oxygens (including phenoxy) is 3. The molecule has 0 saturated heterocycles. The molecule has 25 heavy (non-hydrogen) atoms. The molecular formula is C18H20FN3O3. The summed E-state index contributed by atoms with van der Waals surface area (Å²) in [4.78, 5) is 4.17. The van der Waals surface area contributed by atoms with Gasteiger partial charge in [-0.3, -0.25) is 4.99 Å². The zero-order valence-corrected chi connectivity index (χ0v) is 14.1. The topological polar surface area (TPSA) is 64.1 Å². The number of methoxy groups -OCH3 is 1. The molecule has 7 heteroatoms. The Morgan fingerprint density at radius 1 is 1.08 bits per heavy atom. The van der Waals surface area contributed by atoms with Crippen molar-refractivity contribution in [1.82, 2.24) is 10.6 Å². The van der Waals surface area contributed by atoms with Crippen LogP contribution in [0, 0.1) is 5.82 Å². The number of benzene rings is 2. The summed E-state index contributed by atoms with van der Waals surface area (Å²) >= 11 is 0. The third-order valence-corrected chi connectivity index (χ3v) is 3.80. The van der Waals surface area contributed by atoms with Gasteiger partial charge in [0, 0.05) is 20.1 Å². The van der Waals surface area contributed by atoms with E-state index in [1.54, 1.807) is 19.2 Å². The molecule has 2 aromatic carbocycles. The monoisotopic (exact) mass is 345 g/mol. The number of guanidine groups is 1. The van der Waals surface area contributed by atoms with Crippen molar-refractivity contribution in [2.75, 3.05) is 21.0 Å². The van der Waals surface area contributed by atoms with Crippen LogP contribution in [0.1, 0.15) is 11.1 Å². The summed E-state index contributed by atoms with van der Waals surface area (Å²) < 4.78 is 29.3. The molecule has 132 valence electrons. The zero-order chi connectivity index (χ0) is 17.6. The highest BCUT2D eigenvalue weighted by Crippen LogP contribution is 2.32. The van der Waals surface area contributed by atoms with Gasteiger partial charge in [-0.25, -0.2) is 4.39 Å². The lowest BCUT2D eigenvalue weighted by molar-refractivity contribution is 0.174. The first-order chi connectivity index (χ1) is 12.2. The third-order valence-electron chi connectivity index (χ3n) is 3.80. The Morgan fingerprint density at radius 3 is 2.44 bits per heavy atom. The molecule has 2 aromatic rings. The van der Waals surface area contributed by atoms with Gasteiger partial charge >= 0.3 is 0 Å². The summed E-state index contributed by atoms with van der Waals surface area (Å²) in [7, 11) is 3.13. The Kier molecular flexibility index (Phi) is 5.23. The van der Waals surface area contributed by atoms with Crippen LogP contribution in [-0.4, -0.2) is 26.9 Å². The van der Waals surface area contributed by atoms with Gasteiger partial charge in [0.1, 0.15) is 0 Å². The van der Waals surface area contributed by atoms with Gasteiger partial charge in [0.25, 0.3) is 0 Å². The Labute approximate surface area is 145 Å². The van der Waals surface area contributed by atoms with Crippen LogP contribution in [0.2, 0.25) is 0 Å². The van der Waals surface area contributed by atoms with Gasteiger partial charge in [0.05, 0.1) is 7.11 Å². The molecule has 0 bridgehead atoms. The molecule has 0 atom stereocenters. The summed E-state index contributed by atoms with van der Waals surface area (Å²) in [6, 6.07) is 10.6. The van der Waals surface area contributed by atoms with Crippen molar-refractivity contribution in [3.8, 4) is 17.2 Å². The Hall–Kier alpha value is -2.96. The second kappa shape index (κ2) is 7.74. The minimum absolute atomic E-state index is 0.231. The fraction of sp³-hybridized carbons (Fsp3) is 0.278. The van der Waals surface area contributed by atoms with Crippen molar-refractivity contribution in [1.29, 1.82) is 0 Å². The van der Waals surface area contributed by atoms with E-state index in [0.717, 1.165) is 22.6 Å². The van der Waals surface area contributed by atoms with Crippen LogP contribution in [0.5, 0.6) is 17.2 Å². The molecule has 6 nitrogen and oxygen atoms in total. The van der Waals surface area contributed by atoms with E-state index in [4.69, 9.17) is 14.2 Å². The molecule has 1 aliphatic heterocycles. The van der Waals surface area contributed by atoms with Gasteiger partial charge in [-0.15, -0.1) is 0 Å². The molecular weight excluding hydrogens is 325 g/mol. The lowest BCUT2D eigenvalue weighted by Gasteiger charge is -2.13. The van der Waals surface area contributed by atoms with Crippen molar-refractivity contribution in [2.45, 2.75) is 13.1 Å². The number of nitrogens with one attached hydrogen (secondary N) is 2. The van der Waals surface area contributed by atoms with Gasteiger partial charge in [-0.05, 0) is 35.4 Å². The molecule has 0 unspecified atom stereocenters. The van der Waals surface area contributed by atoms with Crippen LogP contribution in [0.4, 0.5) is 4.39 Å². The highest BCUT2D eigenvalue weighted by Gasteiger charge is 2.13. The first-order valence-corrected chi connectivity index (χ1v) is 7.85. The van der Waals surface area contributed by atoms with Gasteiger partial charge in [0.15, 0.2) is 29.0 Å². The van der Waals surface area contributed by atoms with Crippen molar-refractivity contribution < 1.29 is 18.6 Å². The highest BCUT2D eigenvalue weighted by molar-refractivity contribution is 5.79. The standard InChI is InChI=1S/C18H20FN3O3/c1-20-18(21-9-12-3-5-15(23-2)14(19)7-12)22-10-13-4-6-16-17(8-13)25-11-24-16/h3-8H,9-11H2,1-2H3,(H2,20,21,22). The lowest BCUT2D eigenvalue weighted by Crippen LogP contribution is -2.36. The van der Waals surface area contributed by atoms with E-state index >= 15 is 0 Å². The number of fused-ring (bicyclic) bond motifs is 1. The minimum atomic E-state index is -0.384. The predicted molar refractivity (Wildman–Crippen MR) is 92.6 cm³/mol. The maximum Gasteiger partial charge on any atom is 0.231 e. The van der Waals surface area contributed by atoms with Crippen molar-refractivity contribution in [3.63, 3.8) is 0 Å². The molecule has 3 rings (SSSR count). The van der Waals surface area contributed by atoms with Crippen molar-refractivity contribution in [2.24, 2.45) is 4.99 Å². The Morgan fingerprint density at radius 2 is 1.76 bits per heavy atom. The average Bonchev–Trinajstić information content (AvgIpc) is 3.09. The van der Waals surface area contributed by atoms with Gasteiger partial charge < -0.3 is 24.8 Å². The van der Waals surface area contributed by atoms with Gasteiger partial charge in [-0.2, -0.15) is 0 Å². The van der Waals surface area contributed by atoms with Crippen LogP contribution in [-0.2, 0) is 13.1 Å². The largest absolute Gasteiger partial charge is 0.494 e. The summed E-state index contributed by atoms with van der Waals surface area (Å²) in [5.74, 6) is 1.97. The van der Waals surface area contributed by atoms with Crippen LogP contribution in [0.3, 0.4) is 0 Å². The molecule has 2 N–H and O–H groups in total. The minimum Gasteiger partial charge on any atom is -0.494 e. The summed E-state index contributed by atoms with van der Waals surface area (Å²) in [6.07, 6.45) is 0. The summed E-state index contributed by atoms with van der Waals surface area (Å²) in [5, 5.41) is 6.36. The third kappa shape index (κ3) is 4.12. The molecule has 0 aliphatic carbocycles. The Balaban J connectivity index is 1.54. The van der Waals surface area contributed by atoms with E-state index in [-0.39, 0.29) is 18.4 Å². The number of rotatable bonds is 5. The SMILES string of the molecule is CN=C(NCc1ccc(OC)c(F)c1)NCc1ccc2c(c1)OCO2. The number of hydrogen-bond acceptors (Lipinski definition) is 4. The van der Waals surface area contributed by atoms with E-state index in [1.807, 2.05) is 18.2 Å². The van der Waals surface area contributed by atoms with Crippen LogP contribution < -0.4 is 24.8 Å². The molecule has 0 fully saturated rings. The molecule has 1 aliphatic rings. The van der Waals surface area contributed by atoms with E-state index in [2.05, 4.69) is 15.6 Å². The molecule has 0 amide bonds. The number of hydrogen-bond donors (Lipinski definition) is 2. The summed E-state index contributed by atoms with van der Waals surface area (Å²) in [6.45, 7) is 1.28. The van der Waals surface area contributed by atoms with Crippen LogP contribution >= 0.6 is 0 Å². The van der Waals surface area contributed by atoms with Gasteiger partial charge in [-0.1, -0.05) is 12.1 Å². The maximum atomic E-state index is 13.7. The molecule has 0 saturated carbocycles. The fourth-order valence-corrected chi connectivity index (χ4v) is 2.46. The number of aliphatic imine (C=N–C) groups is 1. The predicted octanol–water partition coefficient (Wildman–Crippen LogP) is 2.43. The van der Waals surface area contributed by atoms with E-state index in [0.29, 0.717) is 19.0 Å². The first kappa shape index (κ1) is 16.9. The second-order valence-electron chi connectivity index (χ2n) is 5.44. The smallest absolute Gasteiger partial charge is 0.231 e. The van der Waals surface area contributed by atoms with Crippen molar-refractivity contribution >= 4 is 5.96 Å². The fourth-order valence-electron chi connectivity index (χ4n) is 2.46. The quantitative estimate of drug-likeness (QED) is 0.644. The molecule has 0 spiro atoms. The molecule has 0 aromatic heterocycles. The normalized spacial score (nSPS) is 12.8.